The molecule has 0 atom stereocenters. The molecule has 0 fully saturated rings. The Bertz CT molecular complexity index is 443. The van der Waals surface area contributed by atoms with Gasteiger partial charge in [0.2, 0.25) is 0 Å². The maximum absolute atomic E-state index is 13.4. The number of nitrogens with zero attached hydrogens (tertiary/aromatic N) is 3. The van der Waals surface area contributed by atoms with Gasteiger partial charge in [0, 0.05) is 6.07 Å². The van der Waals surface area contributed by atoms with Crippen molar-refractivity contribution in [2.24, 2.45) is 0 Å². The van der Waals surface area contributed by atoms with Crippen molar-refractivity contribution in [3.8, 4) is 0 Å². The van der Waals surface area contributed by atoms with Crippen LogP contribution in [0.25, 0.3) is 0 Å². The Morgan fingerprint density at radius 2 is 2.33 bits per heavy atom. The molecule has 0 bridgehead atoms. The molecule has 78 valence electrons. The van der Waals surface area contributed by atoms with Crippen LogP contribution in [0.3, 0.4) is 0 Å². The third-order valence-electron chi connectivity index (χ3n) is 1.89. The monoisotopic (exact) mass is 208 g/mol. The van der Waals surface area contributed by atoms with E-state index in [1.54, 1.807) is 13.0 Å². The second-order valence-electron chi connectivity index (χ2n) is 2.95. The molecule has 0 spiro atoms. The molecule has 2 heterocycles. The van der Waals surface area contributed by atoms with Gasteiger partial charge in [0.15, 0.2) is 17.4 Å². The van der Waals surface area contributed by atoms with Gasteiger partial charge in [-0.25, -0.2) is 14.4 Å². The first kappa shape index (κ1) is 9.57. The van der Waals surface area contributed by atoms with E-state index in [9.17, 15) is 4.39 Å². The molecule has 1 N–H and O–H groups in total. The average Bonchev–Trinajstić information content (AvgIpc) is 2.73. The predicted octanol–water partition coefficient (Wildman–Crippen LogP) is 1.52. The molecular weight excluding hydrogens is 199 g/mol. The second-order valence-corrected chi connectivity index (χ2v) is 2.95. The summed E-state index contributed by atoms with van der Waals surface area (Å²) in [5, 5.41) is 6.33. The average molecular weight is 208 g/mol. The number of aryl methyl sites for hydroxylation is 1. The minimum absolute atomic E-state index is 0.166. The van der Waals surface area contributed by atoms with Gasteiger partial charge in [0.25, 0.3) is 0 Å². The number of rotatable bonds is 3. The van der Waals surface area contributed by atoms with Crippen molar-refractivity contribution >= 4 is 5.82 Å². The van der Waals surface area contributed by atoms with Crippen LogP contribution in [-0.2, 0) is 6.54 Å². The molecule has 0 amide bonds. The molecule has 0 aliphatic carbocycles. The van der Waals surface area contributed by atoms with Gasteiger partial charge in [-0.1, -0.05) is 5.16 Å². The van der Waals surface area contributed by atoms with Crippen LogP contribution < -0.4 is 5.32 Å². The molecule has 2 rings (SSSR count). The maximum atomic E-state index is 13.4. The summed E-state index contributed by atoms with van der Waals surface area (Å²) in [6, 6.07) is 1.69. The van der Waals surface area contributed by atoms with E-state index in [-0.39, 0.29) is 5.82 Å². The van der Waals surface area contributed by atoms with Crippen LogP contribution in [0.4, 0.5) is 10.2 Å². The zero-order valence-electron chi connectivity index (χ0n) is 8.07. The number of nitrogens with one attached hydrogen (secondary N) is 1. The fourth-order valence-corrected chi connectivity index (χ4v) is 1.09. The van der Waals surface area contributed by atoms with Gasteiger partial charge in [-0.05, 0) is 6.92 Å². The quantitative estimate of drug-likeness (QED) is 0.828. The SMILES string of the molecule is Cc1ncnc(NCc2ccno2)c1F. The number of anilines is 1. The Morgan fingerprint density at radius 1 is 1.47 bits per heavy atom. The third kappa shape index (κ3) is 2.09. The van der Waals surface area contributed by atoms with E-state index < -0.39 is 5.82 Å². The summed E-state index contributed by atoms with van der Waals surface area (Å²) in [6.07, 6.45) is 2.83. The summed E-state index contributed by atoms with van der Waals surface area (Å²) in [4.78, 5) is 7.50. The highest BCUT2D eigenvalue weighted by atomic mass is 19.1. The Balaban J connectivity index is 2.08. The molecule has 0 aromatic carbocycles. The topological polar surface area (TPSA) is 63.8 Å². The lowest BCUT2D eigenvalue weighted by molar-refractivity contribution is 0.387. The fourth-order valence-electron chi connectivity index (χ4n) is 1.09. The van der Waals surface area contributed by atoms with E-state index in [1.165, 1.54) is 12.5 Å². The summed E-state index contributed by atoms with van der Waals surface area (Å²) in [5.74, 6) is 0.335. The van der Waals surface area contributed by atoms with Gasteiger partial charge in [-0.2, -0.15) is 0 Å². The summed E-state index contributed by atoms with van der Waals surface area (Å²) in [6.45, 7) is 1.92. The van der Waals surface area contributed by atoms with E-state index in [0.717, 1.165) is 0 Å². The lowest BCUT2D eigenvalue weighted by Crippen LogP contribution is -2.05. The normalized spacial score (nSPS) is 10.3. The molecular formula is C9H9FN4O. The second kappa shape index (κ2) is 4.04. The molecule has 2 aromatic rings. The van der Waals surface area contributed by atoms with Gasteiger partial charge >= 0.3 is 0 Å². The minimum atomic E-state index is -0.447. The highest BCUT2D eigenvalue weighted by Crippen LogP contribution is 2.12. The smallest absolute Gasteiger partial charge is 0.186 e. The zero-order chi connectivity index (χ0) is 10.7. The van der Waals surface area contributed by atoms with Gasteiger partial charge in [0.05, 0.1) is 18.4 Å². The third-order valence-corrected chi connectivity index (χ3v) is 1.89. The van der Waals surface area contributed by atoms with E-state index in [1.807, 2.05) is 0 Å². The fraction of sp³-hybridized carbons (Fsp3) is 0.222. The van der Waals surface area contributed by atoms with Crippen molar-refractivity contribution in [3.05, 3.63) is 35.9 Å². The Kier molecular flexibility index (Phi) is 2.57. The van der Waals surface area contributed by atoms with Gasteiger partial charge in [0.1, 0.15) is 6.33 Å². The van der Waals surface area contributed by atoms with Gasteiger partial charge in [-0.3, -0.25) is 0 Å². The molecule has 0 radical (unpaired) electrons. The molecule has 0 saturated heterocycles. The largest absolute Gasteiger partial charge is 0.360 e. The van der Waals surface area contributed by atoms with Crippen LogP contribution in [0.15, 0.2) is 23.1 Å². The van der Waals surface area contributed by atoms with Crippen LogP contribution >= 0.6 is 0 Å². The summed E-state index contributed by atoms with van der Waals surface area (Å²) < 4.78 is 18.2. The lowest BCUT2D eigenvalue weighted by atomic mass is 10.4. The van der Waals surface area contributed by atoms with Crippen LogP contribution in [0.1, 0.15) is 11.5 Å². The van der Waals surface area contributed by atoms with Crippen LogP contribution in [0.2, 0.25) is 0 Å². The van der Waals surface area contributed by atoms with Crippen molar-refractivity contribution in [2.45, 2.75) is 13.5 Å². The Labute approximate surface area is 85.3 Å². The summed E-state index contributed by atoms with van der Waals surface area (Å²) >= 11 is 0. The molecule has 5 nitrogen and oxygen atoms in total. The van der Waals surface area contributed by atoms with E-state index in [4.69, 9.17) is 4.52 Å². The molecule has 2 aromatic heterocycles. The molecule has 0 aliphatic rings. The summed E-state index contributed by atoms with van der Waals surface area (Å²) in [7, 11) is 0. The van der Waals surface area contributed by atoms with Crippen LogP contribution in [0.5, 0.6) is 0 Å². The minimum Gasteiger partial charge on any atom is -0.360 e. The molecule has 0 aliphatic heterocycles. The number of hydrogen-bond donors (Lipinski definition) is 1. The Morgan fingerprint density at radius 3 is 3.07 bits per heavy atom. The molecule has 0 unspecified atom stereocenters. The maximum Gasteiger partial charge on any atom is 0.186 e. The first-order valence-electron chi connectivity index (χ1n) is 4.38. The van der Waals surface area contributed by atoms with Crippen LogP contribution in [-0.4, -0.2) is 15.1 Å². The Hall–Kier alpha value is -1.98. The first-order valence-corrected chi connectivity index (χ1v) is 4.38. The first-order chi connectivity index (χ1) is 7.27. The van der Waals surface area contributed by atoms with Crippen molar-refractivity contribution < 1.29 is 8.91 Å². The molecule has 0 saturated carbocycles. The molecule has 6 heteroatoms. The highest BCUT2D eigenvalue weighted by molar-refractivity contribution is 5.36. The van der Waals surface area contributed by atoms with E-state index in [2.05, 4.69) is 20.4 Å². The predicted molar refractivity (Wildman–Crippen MR) is 50.6 cm³/mol. The van der Waals surface area contributed by atoms with Crippen molar-refractivity contribution in [1.29, 1.82) is 0 Å². The number of halogens is 1. The summed E-state index contributed by atoms with van der Waals surface area (Å²) in [5.41, 5.74) is 0.310. The van der Waals surface area contributed by atoms with Gasteiger partial charge in [-0.15, -0.1) is 0 Å². The van der Waals surface area contributed by atoms with Gasteiger partial charge < -0.3 is 9.84 Å². The highest BCUT2D eigenvalue weighted by Gasteiger charge is 2.07. The van der Waals surface area contributed by atoms with E-state index >= 15 is 0 Å². The standard InChI is InChI=1S/C9H9FN4O/c1-6-8(10)9(13-5-12-6)11-4-7-2-3-14-15-7/h2-3,5H,4H2,1H3,(H,11,12,13). The molecule has 15 heavy (non-hydrogen) atoms. The zero-order valence-corrected chi connectivity index (χ0v) is 8.07. The van der Waals surface area contributed by atoms with Crippen molar-refractivity contribution in [3.63, 3.8) is 0 Å². The number of hydrogen-bond acceptors (Lipinski definition) is 5. The lowest BCUT2D eigenvalue weighted by Gasteiger charge is -2.04. The van der Waals surface area contributed by atoms with Crippen LogP contribution in [0, 0.1) is 12.7 Å². The van der Waals surface area contributed by atoms with Crippen molar-refractivity contribution in [1.82, 2.24) is 15.1 Å². The van der Waals surface area contributed by atoms with E-state index in [0.29, 0.717) is 18.0 Å². The number of aromatic nitrogens is 3. The van der Waals surface area contributed by atoms with Crippen molar-refractivity contribution in [2.75, 3.05) is 5.32 Å².